The molecule has 102 valence electrons. The molecule has 2 aromatic heterocycles. The second-order valence-electron chi connectivity index (χ2n) is 4.51. The molecule has 0 atom stereocenters. The van der Waals surface area contributed by atoms with Crippen LogP contribution in [0.25, 0.3) is 11.4 Å². The zero-order chi connectivity index (χ0) is 13.9. The van der Waals surface area contributed by atoms with Crippen LogP contribution in [-0.2, 0) is 20.6 Å². The molecule has 0 fully saturated rings. The van der Waals surface area contributed by atoms with Gasteiger partial charge in [0, 0.05) is 31.5 Å². The molecule has 0 saturated heterocycles. The van der Waals surface area contributed by atoms with E-state index >= 15 is 0 Å². The van der Waals surface area contributed by atoms with Gasteiger partial charge in [-0.15, -0.1) is 5.10 Å². The molecule has 0 aliphatic carbocycles. The van der Waals surface area contributed by atoms with Crippen molar-refractivity contribution < 1.29 is 0 Å². The maximum absolute atomic E-state index is 4.15. The molecule has 3 rings (SSSR count). The van der Waals surface area contributed by atoms with Gasteiger partial charge in [-0.05, 0) is 28.6 Å². The third-order valence-corrected chi connectivity index (χ3v) is 3.14. The van der Waals surface area contributed by atoms with Gasteiger partial charge < -0.3 is 5.32 Å². The Bertz CT molecular complexity index is 713. The van der Waals surface area contributed by atoms with Crippen molar-refractivity contribution in [2.24, 2.45) is 14.1 Å². The first-order chi connectivity index (χ1) is 9.74. The first-order valence-corrected chi connectivity index (χ1v) is 6.27. The molecule has 0 spiro atoms. The lowest BCUT2D eigenvalue weighted by atomic mass is 10.2. The van der Waals surface area contributed by atoms with Crippen LogP contribution in [0.15, 0.2) is 36.5 Å². The van der Waals surface area contributed by atoms with Gasteiger partial charge in [-0.25, -0.2) is 4.68 Å². The van der Waals surface area contributed by atoms with Crippen molar-refractivity contribution in [3.8, 4) is 11.4 Å². The number of aromatic nitrogens is 6. The number of rotatable bonds is 4. The second kappa shape index (κ2) is 5.12. The van der Waals surface area contributed by atoms with Crippen molar-refractivity contribution >= 4 is 5.69 Å². The van der Waals surface area contributed by atoms with Gasteiger partial charge in [0.1, 0.15) is 0 Å². The van der Waals surface area contributed by atoms with Gasteiger partial charge in [-0.2, -0.15) is 5.10 Å². The number of tetrazole rings is 1. The van der Waals surface area contributed by atoms with Crippen LogP contribution in [0.1, 0.15) is 5.69 Å². The highest BCUT2D eigenvalue weighted by molar-refractivity contribution is 5.62. The van der Waals surface area contributed by atoms with E-state index in [4.69, 9.17) is 0 Å². The fourth-order valence-electron chi connectivity index (χ4n) is 2.01. The summed E-state index contributed by atoms with van der Waals surface area (Å²) in [6.45, 7) is 0.719. The molecule has 0 unspecified atom stereocenters. The summed E-state index contributed by atoms with van der Waals surface area (Å²) in [6.07, 6.45) is 1.79. The monoisotopic (exact) mass is 269 g/mol. The summed E-state index contributed by atoms with van der Waals surface area (Å²) < 4.78 is 3.50. The van der Waals surface area contributed by atoms with Crippen molar-refractivity contribution in [3.05, 3.63) is 42.2 Å². The molecule has 7 nitrogen and oxygen atoms in total. The van der Waals surface area contributed by atoms with Gasteiger partial charge in [-0.1, -0.05) is 12.1 Å². The Hall–Kier alpha value is -2.70. The molecule has 0 amide bonds. The first-order valence-electron chi connectivity index (χ1n) is 6.27. The third-order valence-electron chi connectivity index (χ3n) is 3.14. The zero-order valence-corrected chi connectivity index (χ0v) is 11.4. The minimum Gasteiger partial charge on any atom is -0.379 e. The van der Waals surface area contributed by atoms with Crippen LogP contribution in [0.2, 0.25) is 0 Å². The lowest BCUT2D eigenvalue weighted by Gasteiger charge is -2.08. The Labute approximate surface area is 116 Å². The van der Waals surface area contributed by atoms with Crippen LogP contribution in [0.4, 0.5) is 5.69 Å². The Kier molecular flexibility index (Phi) is 3.16. The number of nitrogens with zero attached hydrogens (tertiary/aromatic N) is 6. The highest BCUT2D eigenvalue weighted by Gasteiger charge is 2.06. The normalized spacial score (nSPS) is 10.7. The third kappa shape index (κ3) is 2.37. The summed E-state index contributed by atoms with van der Waals surface area (Å²) in [5.41, 5.74) is 3.12. The maximum Gasteiger partial charge on any atom is 0.181 e. The van der Waals surface area contributed by atoms with Crippen molar-refractivity contribution in [2.75, 3.05) is 5.32 Å². The Balaban J connectivity index is 1.78. The van der Waals surface area contributed by atoms with Crippen molar-refractivity contribution in [1.29, 1.82) is 0 Å². The van der Waals surface area contributed by atoms with E-state index in [0.717, 1.165) is 29.3 Å². The average Bonchev–Trinajstić information content (AvgIpc) is 3.05. The summed E-state index contributed by atoms with van der Waals surface area (Å²) in [5, 5.41) is 19.0. The largest absolute Gasteiger partial charge is 0.379 e. The van der Waals surface area contributed by atoms with Gasteiger partial charge in [0.15, 0.2) is 5.82 Å². The fourth-order valence-corrected chi connectivity index (χ4v) is 2.01. The fraction of sp³-hybridized carbons (Fsp3) is 0.231. The molecule has 20 heavy (non-hydrogen) atoms. The number of hydrogen-bond acceptors (Lipinski definition) is 5. The van der Waals surface area contributed by atoms with Crippen molar-refractivity contribution in [1.82, 2.24) is 30.0 Å². The molecule has 0 bridgehead atoms. The minimum absolute atomic E-state index is 0.719. The summed E-state index contributed by atoms with van der Waals surface area (Å²) in [5.74, 6) is 0.745. The van der Waals surface area contributed by atoms with E-state index in [9.17, 15) is 0 Å². The smallest absolute Gasteiger partial charge is 0.181 e. The van der Waals surface area contributed by atoms with Crippen LogP contribution in [0.3, 0.4) is 0 Å². The molecule has 7 heteroatoms. The zero-order valence-electron chi connectivity index (χ0n) is 11.4. The Morgan fingerprint density at radius 1 is 1.15 bits per heavy atom. The van der Waals surface area contributed by atoms with E-state index < -0.39 is 0 Å². The molecule has 0 aliphatic heterocycles. The van der Waals surface area contributed by atoms with E-state index in [0.29, 0.717) is 0 Å². The topological polar surface area (TPSA) is 73.5 Å². The molecule has 3 aromatic rings. The van der Waals surface area contributed by atoms with Crippen molar-refractivity contribution in [2.45, 2.75) is 6.54 Å². The van der Waals surface area contributed by atoms with Gasteiger partial charge in [-0.3, -0.25) is 4.68 Å². The number of benzene rings is 1. The predicted molar refractivity (Wildman–Crippen MR) is 74.8 cm³/mol. The Morgan fingerprint density at radius 3 is 2.75 bits per heavy atom. The maximum atomic E-state index is 4.15. The van der Waals surface area contributed by atoms with E-state index in [1.54, 1.807) is 10.9 Å². The van der Waals surface area contributed by atoms with Gasteiger partial charge in [0.05, 0.1) is 12.2 Å². The predicted octanol–water partition coefficient (Wildman–Crippen LogP) is 1.22. The first kappa shape index (κ1) is 12.3. The lowest BCUT2D eigenvalue weighted by molar-refractivity contribution is 0.714. The van der Waals surface area contributed by atoms with Crippen LogP contribution < -0.4 is 5.32 Å². The Morgan fingerprint density at radius 2 is 2.05 bits per heavy atom. The van der Waals surface area contributed by atoms with Crippen LogP contribution in [-0.4, -0.2) is 30.0 Å². The van der Waals surface area contributed by atoms with Crippen molar-refractivity contribution in [3.63, 3.8) is 0 Å². The van der Waals surface area contributed by atoms with Gasteiger partial charge >= 0.3 is 0 Å². The van der Waals surface area contributed by atoms with Crippen LogP contribution in [0.5, 0.6) is 0 Å². The molecule has 0 saturated carbocycles. The highest BCUT2D eigenvalue weighted by Crippen LogP contribution is 2.19. The van der Waals surface area contributed by atoms with E-state index in [1.165, 1.54) is 0 Å². The second-order valence-corrected chi connectivity index (χ2v) is 4.51. The number of nitrogens with one attached hydrogen (secondary N) is 1. The average molecular weight is 269 g/mol. The summed E-state index contributed by atoms with van der Waals surface area (Å²) in [6, 6.07) is 10.0. The van der Waals surface area contributed by atoms with Gasteiger partial charge in [0.2, 0.25) is 0 Å². The number of anilines is 1. The summed E-state index contributed by atoms with van der Waals surface area (Å²) in [4.78, 5) is 0. The standard InChI is InChI=1S/C13H15N7/c1-19-12(6-7-15-19)9-14-11-5-3-4-10(8-11)13-16-17-18-20(13)2/h3-8,14H,9H2,1-2H3. The molecule has 0 radical (unpaired) electrons. The molecular weight excluding hydrogens is 254 g/mol. The van der Waals surface area contributed by atoms with Crippen LogP contribution >= 0.6 is 0 Å². The van der Waals surface area contributed by atoms with E-state index in [-0.39, 0.29) is 0 Å². The van der Waals surface area contributed by atoms with Gasteiger partial charge in [0.25, 0.3) is 0 Å². The highest BCUT2D eigenvalue weighted by atomic mass is 15.5. The minimum atomic E-state index is 0.719. The van der Waals surface area contributed by atoms with E-state index in [2.05, 4.69) is 25.9 Å². The summed E-state index contributed by atoms with van der Waals surface area (Å²) >= 11 is 0. The quantitative estimate of drug-likeness (QED) is 0.771. The number of hydrogen-bond donors (Lipinski definition) is 1. The lowest BCUT2D eigenvalue weighted by Crippen LogP contribution is -2.05. The molecular formula is C13H15N7. The molecule has 2 heterocycles. The molecule has 1 aromatic carbocycles. The SMILES string of the molecule is Cn1nccc1CNc1cccc(-c2nnnn2C)c1. The van der Waals surface area contributed by atoms with Crippen LogP contribution in [0, 0.1) is 0 Å². The van der Waals surface area contributed by atoms with E-state index in [1.807, 2.05) is 49.1 Å². The molecule has 0 aliphatic rings. The molecule has 1 N–H and O–H groups in total. The summed E-state index contributed by atoms with van der Waals surface area (Å²) in [7, 11) is 3.75. The number of aryl methyl sites for hydroxylation is 2.